The molecule has 0 heterocycles. The van der Waals surface area contributed by atoms with Gasteiger partial charge in [0.1, 0.15) is 5.92 Å². The number of allylic oxidation sites excluding steroid dienone is 2. The largest absolute Gasteiger partial charge is 0.465 e. The second kappa shape index (κ2) is 8.68. The molecule has 150 valence electrons. The molecule has 2 aromatic rings. The van der Waals surface area contributed by atoms with Gasteiger partial charge in [0.2, 0.25) is 0 Å². The topological polar surface area (TPSA) is 98.5 Å². The van der Waals surface area contributed by atoms with E-state index in [4.69, 9.17) is 4.74 Å². The number of benzene rings is 2. The van der Waals surface area contributed by atoms with E-state index < -0.39 is 16.8 Å². The summed E-state index contributed by atoms with van der Waals surface area (Å²) in [6, 6.07) is 13.9. The smallest absolute Gasteiger partial charge is 0.317 e. The number of aryl methyl sites for hydroxylation is 1. The van der Waals surface area contributed by atoms with Gasteiger partial charge in [0.05, 0.1) is 11.5 Å². The maximum atomic E-state index is 12.8. The Morgan fingerprint density at radius 3 is 2.62 bits per heavy atom. The third-order valence-electron chi connectivity index (χ3n) is 4.96. The monoisotopic (exact) mass is 394 g/mol. The lowest BCUT2D eigenvalue weighted by Crippen LogP contribution is -2.35. The van der Waals surface area contributed by atoms with Gasteiger partial charge in [-0.2, -0.15) is 0 Å². The third-order valence-corrected chi connectivity index (χ3v) is 4.96. The van der Waals surface area contributed by atoms with Crippen LogP contribution in [-0.4, -0.2) is 23.3 Å². The van der Waals surface area contributed by atoms with Gasteiger partial charge in [0.15, 0.2) is 5.78 Å². The number of non-ortho nitro benzene ring substituents is 1. The number of hydrogen-bond donors (Lipinski definition) is 1. The van der Waals surface area contributed by atoms with E-state index in [9.17, 15) is 19.7 Å². The van der Waals surface area contributed by atoms with Crippen LogP contribution in [0.25, 0.3) is 0 Å². The normalized spacial score (nSPS) is 18.7. The first kappa shape index (κ1) is 20.3. The quantitative estimate of drug-likeness (QED) is 0.342. The average molecular weight is 394 g/mol. The highest BCUT2D eigenvalue weighted by molar-refractivity contribution is 6.07. The molecule has 3 rings (SSSR count). The van der Waals surface area contributed by atoms with Crippen LogP contribution >= 0.6 is 0 Å². The molecule has 1 N–H and O–H groups in total. The molecule has 7 nitrogen and oxygen atoms in total. The van der Waals surface area contributed by atoms with Crippen LogP contribution in [0.1, 0.15) is 30.4 Å². The Bertz CT molecular complexity index is 968. The Morgan fingerprint density at radius 1 is 1.24 bits per heavy atom. The highest BCUT2D eigenvalue weighted by atomic mass is 16.6. The summed E-state index contributed by atoms with van der Waals surface area (Å²) in [5.41, 5.74) is 2.80. The molecule has 1 aliphatic rings. The molecule has 0 fully saturated rings. The Balaban J connectivity index is 1.94. The van der Waals surface area contributed by atoms with E-state index >= 15 is 0 Å². The number of ketones is 1. The van der Waals surface area contributed by atoms with Gasteiger partial charge in [-0.05, 0) is 31.4 Å². The molecule has 0 unspecified atom stereocenters. The average Bonchev–Trinajstić information content (AvgIpc) is 2.69. The van der Waals surface area contributed by atoms with Crippen molar-refractivity contribution >= 4 is 23.1 Å². The third kappa shape index (κ3) is 4.51. The molecule has 0 amide bonds. The van der Waals surface area contributed by atoms with Crippen molar-refractivity contribution in [2.45, 2.75) is 26.2 Å². The van der Waals surface area contributed by atoms with Crippen LogP contribution in [0.4, 0.5) is 11.4 Å². The number of carbonyl (C=O) groups is 2. The lowest BCUT2D eigenvalue weighted by atomic mass is 9.76. The number of rotatable bonds is 6. The summed E-state index contributed by atoms with van der Waals surface area (Å²) in [4.78, 5) is 35.9. The minimum Gasteiger partial charge on any atom is -0.465 e. The number of nitro groups is 1. The first-order valence-corrected chi connectivity index (χ1v) is 9.38. The summed E-state index contributed by atoms with van der Waals surface area (Å²) in [5.74, 6) is -2.16. The fraction of sp³-hybridized carbons (Fsp3) is 0.273. The molecule has 0 saturated heterocycles. The van der Waals surface area contributed by atoms with E-state index in [1.165, 1.54) is 18.2 Å². The zero-order chi connectivity index (χ0) is 21.0. The molecule has 29 heavy (non-hydrogen) atoms. The second-order valence-electron chi connectivity index (χ2n) is 6.90. The minimum absolute atomic E-state index is 0.0372. The maximum Gasteiger partial charge on any atom is 0.317 e. The van der Waals surface area contributed by atoms with Crippen molar-refractivity contribution in [1.29, 1.82) is 0 Å². The number of ether oxygens (including phenoxy) is 1. The summed E-state index contributed by atoms with van der Waals surface area (Å²) in [5, 5.41) is 14.2. The zero-order valence-electron chi connectivity index (χ0n) is 16.3. The second-order valence-corrected chi connectivity index (χ2v) is 6.90. The van der Waals surface area contributed by atoms with Gasteiger partial charge < -0.3 is 10.1 Å². The van der Waals surface area contributed by atoms with Crippen molar-refractivity contribution < 1.29 is 19.2 Å². The van der Waals surface area contributed by atoms with Crippen LogP contribution < -0.4 is 5.32 Å². The number of carbonyl (C=O) groups excluding carboxylic acids is 2. The summed E-state index contributed by atoms with van der Waals surface area (Å²) in [7, 11) is 0. The molecule has 2 aromatic carbocycles. The van der Waals surface area contributed by atoms with Crippen molar-refractivity contribution in [2.24, 2.45) is 5.92 Å². The van der Waals surface area contributed by atoms with Crippen LogP contribution in [0.15, 0.2) is 60.3 Å². The Labute approximate surface area is 168 Å². The maximum absolute atomic E-state index is 12.8. The fourth-order valence-electron chi connectivity index (χ4n) is 3.51. The Morgan fingerprint density at radius 2 is 1.97 bits per heavy atom. The van der Waals surface area contributed by atoms with Gasteiger partial charge in [-0.3, -0.25) is 19.7 Å². The number of hydrogen-bond acceptors (Lipinski definition) is 6. The molecule has 7 heteroatoms. The summed E-state index contributed by atoms with van der Waals surface area (Å²) < 4.78 is 5.13. The van der Waals surface area contributed by atoms with Crippen molar-refractivity contribution in [2.75, 3.05) is 11.9 Å². The highest BCUT2D eigenvalue weighted by Gasteiger charge is 2.39. The molecule has 2 atom stereocenters. The van der Waals surface area contributed by atoms with Crippen molar-refractivity contribution in [1.82, 2.24) is 0 Å². The molecule has 0 saturated carbocycles. The van der Waals surface area contributed by atoms with Crippen LogP contribution in [-0.2, 0) is 14.3 Å². The molecule has 0 spiro atoms. The SMILES string of the molecule is CCOC(=O)[C@@H]1C(=O)C=C(Nc2cc([N+](=O)[O-])ccc2C)C[C@@H]1c1ccccc1. The van der Waals surface area contributed by atoms with Gasteiger partial charge in [0, 0.05) is 35.5 Å². The first-order chi connectivity index (χ1) is 13.9. The van der Waals surface area contributed by atoms with Gasteiger partial charge in [0.25, 0.3) is 5.69 Å². The lowest BCUT2D eigenvalue weighted by molar-refractivity contribution is -0.384. The van der Waals surface area contributed by atoms with Crippen LogP contribution in [0.5, 0.6) is 0 Å². The molecule has 0 bridgehead atoms. The Hall–Kier alpha value is -3.48. The zero-order valence-corrected chi connectivity index (χ0v) is 16.3. The summed E-state index contributed by atoms with van der Waals surface area (Å²) in [6.45, 7) is 3.73. The number of anilines is 1. The first-order valence-electron chi connectivity index (χ1n) is 9.38. The fourth-order valence-corrected chi connectivity index (χ4v) is 3.51. The molecule has 1 aliphatic carbocycles. The standard InChI is InChI=1S/C22H22N2O5/c1-3-29-22(26)21-18(15-7-5-4-6-8-15)11-16(12-20(21)25)23-19-13-17(24(27)28)10-9-14(19)2/h4-10,12-13,18,21,23H,3,11H2,1-2H3/t18-,21+/m1/s1. The van der Waals surface area contributed by atoms with Crippen molar-refractivity contribution in [3.05, 3.63) is 81.5 Å². The van der Waals surface area contributed by atoms with E-state index in [0.29, 0.717) is 17.8 Å². The van der Waals surface area contributed by atoms with Gasteiger partial charge in [-0.15, -0.1) is 0 Å². The molecule has 0 radical (unpaired) electrons. The van der Waals surface area contributed by atoms with Gasteiger partial charge >= 0.3 is 5.97 Å². The van der Waals surface area contributed by atoms with E-state index in [0.717, 1.165) is 11.1 Å². The van der Waals surface area contributed by atoms with Gasteiger partial charge in [-0.1, -0.05) is 36.4 Å². The number of nitrogens with zero attached hydrogens (tertiary/aromatic N) is 1. The van der Waals surface area contributed by atoms with Crippen LogP contribution in [0, 0.1) is 23.0 Å². The lowest BCUT2D eigenvalue weighted by Gasteiger charge is -2.30. The Kier molecular flexibility index (Phi) is 6.07. The van der Waals surface area contributed by atoms with Gasteiger partial charge in [-0.25, -0.2) is 0 Å². The van der Waals surface area contributed by atoms with E-state index in [2.05, 4.69) is 5.32 Å². The predicted octanol–water partition coefficient (Wildman–Crippen LogP) is 4.13. The number of esters is 1. The molecular formula is C22H22N2O5. The molecular weight excluding hydrogens is 372 g/mol. The summed E-state index contributed by atoms with van der Waals surface area (Å²) >= 11 is 0. The summed E-state index contributed by atoms with van der Waals surface area (Å²) in [6.07, 6.45) is 1.81. The van der Waals surface area contributed by atoms with Crippen molar-refractivity contribution in [3.63, 3.8) is 0 Å². The van der Waals surface area contributed by atoms with E-state index in [1.54, 1.807) is 13.0 Å². The van der Waals surface area contributed by atoms with Crippen molar-refractivity contribution in [3.8, 4) is 0 Å². The number of nitro benzene ring substituents is 1. The molecule has 0 aromatic heterocycles. The molecule has 0 aliphatic heterocycles. The van der Waals surface area contributed by atoms with E-state index in [-0.39, 0.29) is 24.0 Å². The van der Waals surface area contributed by atoms with E-state index in [1.807, 2.05) is 37.3 Å². The van der Waals surface area contributed by atoms with Crippen LogP contribution in [0.3, 0.4) is 0 Å². The highest BCUT2D eigenvalue weighted by Crippen LogP contribution is 2.37. The van der Waals surface area contributed by atoms with Crippen LogP contribution in [0.2, 0.25) is 0 Å². The predicted molar refractivity (Wildman–Crippen MR) is 108 cm³/mol. The minimum atomic E-state index is -0.908. The number of nitrogens with one attached hydrogen (secondary N) is 1.